The summed E-state index contributed by atoms with van der Waals surface area (Å²) < 4.78 is 0. The average molecular weight is 418 g/mol. The molecule has 0 aliphatic carbocycles. The SMILES string of the molecule is CC(=O)/C(=C/c1ccccc1)C(c1ccccc1)N(Cc1ccccc1)c1ccccc1. The van der Waals surface area contributed by atoms with Gasteiger partial charge in [0, 0.05) is 17.8 Å². The van der Waals surface area contributed by atoms with Crippen molar-refractivity contribution in [3.63, 3.8) is 0 Å². The number of carbonyl (C=O) groups is 1. The Kier molecular flexibility index (Phi) is 6.94. The minimum Gasteiger partial charge on any atom is -0.356 e. The lowest BCUT2D eigenvalue weighted by atomic mass is 9.91. The zero-order valence-electron chi connectivity index (χ0n) is 18.3. The minimum atomic E-state index is -0.225. The molecule has 4 rings (SSSR count). The molecule has 2 nitrogen and oxygen atoms in total. The van der Waals surface area contributed by atoms with Gasteiger partial charge in [-0.25, -0.2) is 0 Å². The second kappa shape index (κ2) is 10.4. The summed E-state index contributed by atoms with van der Waals surface area (Å²) in [6.07, 6.45) is 2.03. The third kappa shape index (κ3) is 5.22. The Morgan fingerprint density at radius 1 is 0.719 bits per heavy atom. The molecular weight excluding hydrogens is 390 g/mol. The summed E-state index contributed by atoms with van der Waals surface area (Å²) in [6, 6.07) is 40.9. The maximum Gasteiger partial charge on any atom is 0.158 e. The number of nitrogens with zero attached hydrogens (tertiary/aromatic N) is 1. The molecule has 0 radical (unpaired) electrons. The number of ketones is 1. The number of carbonyl (C=O) groups excluding carboxylic acids is 1. The Morgan fingerprint density at radius 2 is 1.22 bits per heavy atom. The quantitative estimate of drug-likeness (QED) is 0.285. The van der Waals surface area contributed by atoms with E-state index in [9.17, 15) is 4.79 Å². The highest BCUT2D eigenvalue weighted by molar-refractivity contribution is 6.00. The van der Waals surface area contributed by atoms with Gasteiger partial charge in [0.1, 0.15) is 0 Å². The summed E-state index contributed by atoms with van der Waals surface area (Å²) in [5.41, 5.74) is 5.14. The molecule has 4 aromatic carbocycles. The van der Waals surface area contributed by atoms with E-state index in [1.165, 1.54) is 5.56 Å². The van der Waals surface area contributed by atoms with E-state index >= 15 is 0 Å². The van der Waals surface area contributed by atoms with Gasteiger partial charge in [-0.3, -0.25) is 4.79 Å². The first kappa shape index (κ1) is 21.3. The zero-order chi connectivity index (χ0) is 22.2. The number of benzene rings is 4. The number of hydrogen-bond acceptors (Lipinski definition) is 2. The van der Waals surface area contributed by atoms with Crippen LogP contribution in [-0.4, -0.2) is 5.78 Å². The highest BCUT2D eigenvalue weighted by atomic mass is 16.1. The maximum atomic E-state index is 13.1. The second-order valence-electron chi connectivity index (χ2n) is 7.83. The van der Waals surface area contributed by atoms with Crippen LogP contribution in [0.25, 0.3) is 6.08 Å². The molecule has 0 N–H and O–H groups in total. The van der Waals surface area contributed by atoms with Gasteiger partial charge in [0.15, 0.2) is 5.78 Å². The van der Waals surface area contributed by atoms with Gasteiger partial charge < -0.3 is 4.90 Å². The lowest BCUT2D eigenvalue weighted by molar-refractivity contribution is -0.113. The summed E-state index contributed by atoms with van der Waals surface area (Å²) in [4.78, 5) is 15.4. The summed E-state index contributed by atoms with van der Waals surface area (Å²) in [7, 11) is 0. The van der Waals surface area contributed by atoms with Gasteiger partial charge in [0.2, 0.25) is 0 Å². The Labute approximate surface area is 190 Å². The van der Waals surface area contributed by atoms with Crippen molar-refractivity contribution in [1.29, 1.82) is 0 Å². The molecule has 0 heterocycles. The van der Waals surface area contributed by atoms with E-state index in [-0.39, 0.29) is 11.8 Å². The van der Waals surface area contributed by atoms with Crippen LogP contribution in [0.15, 0.2) is 127 Å². The summed E-state index contributed by atoms with van der Waals surface area (Å²) in [5.74, 6) is 0.0664. The monoisotopic (exact) mass is 417 g/mol. The van der Waals surface area contributed by atoms with Gasteiger partial charge in [-0.15, -0.1) is 0 Å². The van der Waals surface area contributed by atoms with Crippen molar-refractivity contribution < 1.29 is 4.79 Å². The van der Waals surface area contributed by atoms with E-state index in [4.69, 9.17) is 0 Å². The molecule has 0 bridgehead atoms. The van der Waals surface area contributed by atoms with Gasteiger partial charge in [-0.2, -0.15) is 0 Å². The molecule has 1 atom stereocenters. The van der Waals surface area contributed by atoms with Crippen LogP contribution in [0.3, 0.4) is 0 Å². The largest absolute Gasteiger partial charge is 0.356 e. The summed E-state index contributed by atoms with van der Waals surface area (Å²) in [5, 5.41) is 0. The van der Waals surface area contributed by atoms with Gasteiger partial charge in [0.05, 0.1) is 6.04 Å². The Morgan fingerprint density at radius 3 is 1.78 bits per heavy atom. The molecule has 0 saturated heterocycles. The van der Waals surface area contributed by atoms with Gasteiger partial charge in [0.25, 0.3) is 0 Å². The van der Waals surface area contributed by atoms with Crippen molar-refractivity contribution in [2.75, 3.05) is 4.90 Å². The van der Waals surface area contributed by atoms with Crippen LogP contribution in [0.4, 0.5) is 5.69 Å². The standard InChI is InChI=1S/C30H27NO/c1-24(32)29(22-25-14-6-2-7-15-25)30(27-18-10-4-11-19-27)31(28-20-12-5-13-21-28)23-26-16-8-3-9-17-26/h2-22,30H,23H2,1H3/b29-22-. The van der Waals surface area contributed by atoms with Crippen molar-refractivity contribution in [3.05, 3.63) is 144 Å². The number of rotatable bonds is 8. The van der Waals surface area contributed by atoms with Crippen LogP contribution in [0, 0.1) is 0 Å². The lowest BCUT2D eigenvalue weighted by Gasteiger charge is -2.35. The molecule has 32 heavy (non-hydrogen) atoms. The number of para-hydroxylation sites is 1. The van der Waals surface area contributed by atoms with E-state index in [2.05, 4.69) is 53.4 Å². The third-order valence-electron chi connectivity index (χ3n) is 5.53. The van der Waals surface area contributed by atoms with Crippen molar-refractivity contribution in [2.24, 2.45) is 0 Å². The molecular formula is C30H27NO. The van der Waals surface area contributed by atoms with Crippen molar-refractivity contribution in [3.8, 4) is 0 Å². The first-order valence-electron chi connectivity index (χ1n) is 10.9. The van der Waals surface area contributed by atoms with Crippen LogP contribution >= 0.6 is 0 Å². The lowest BCUT2D eigenvalue weighted by Crippen LogP contribution is -2.31. The Bertz CT molecular complexity index is 1150. The first-order chi connectivity index (χ1) is 15.7. The predicted molar refractivity (Wildman–Crippen MR) is 133 cm³/mol. The van der Waals surface area contributed by atoms with Gasteiger partial charge >= 0.3 is 0 Å². The molecule has 0 aliphatic heterocycles. The van der Waals surface area contributed by atoms with Crippen LogP contribution in [0.2, 0.25) is 0 Å². The fraction of sp³-hybridized carbons (Fsp3) is 0.100. The van der Waals surface area contributed by atoms with Crippen LogP contribution in [-0.2, 0) is 11.3 Å². The molecule has 2 heteroatoms. The Balaban J connectivity index is 1.89. The molecule has 0 aliphatic rings. The number of Topliss-reactive ketones (excluding diaryl/α,β-unsaturated/α-hetero) is 1. The van der Waals surface area contributed by atoms with Crippen molar-refractivity contribution in [1.82, 2.24) is 0 Å². The molecule has 158 valence electrons. The minimum absolute atomic E-state index is 0.0664. The molecule has 1 unspecified atom stereocenters. The van der Waals surface area contributed by atoms with Crippen LogP contribution in [0.1, 0.15) is 29.7 Å². The van der Waals surface area contributed by atoms with Gasteiger partial charge in [-0.05, 0) is 41.8 Å². The smallest absolute Gasteiger partial charge is 0.158 e. The number of hydrogen-bond donors (Lipinski definition) is 0. The van der Waals surface area contributed by atoms with E-state index in [0.29, 0.717) is 6.54 Å². The van der Waals surface area contributed by atoms with Crippen molar-refractivity contribution >= 4 is 17.5 Å². The van der Waals surface area contributed by atoms with E-state index in [1.54, 1.807) is 6.92 Å². The second-order valence-corrected chi connectivity index (χ2v) is 7.83. The molecule has 0 saturated carbocycles. The average Bonchev–Trinajstić information content (AvgIpc) is 2.85. The fourth-order valence-electron chi connectivity index (χ4n) is 4.00. The van der Waals surface area contributed by atoms with Crippen molar-refractivity contribution in [2.45, 2.75) is 19.5 Å². The Hall–Kier alpha value is -3.91. The topological polar surface area (TPSA) is 20.3 Å². The summed E-state index contributed by atoms with van der Waals surface area (Å²) >= 11 is 0. The van der Waals surface area contributed by atoms with E-state index < -0.39 is 0 Å². The highest BCUT2D eigenvalue weighted by Crippen LogP contribution is 2.36. The van der Waals surface area contributed by atoms with E-state index in [0.717, 1.165) is 22.4 Å². The van der Waals surface area contributed by atoms with Crippen LogP contribution in [0.5, 0.6) is 0 Å². The molecule has 0 aromatic heterocycles. The molecule has 0 spiro atoms. The van der Waals surface area contributed by atoms with E-state index in [1.807, 2.05) is 78.9 Å². The first-order valence-corrected chi connectivity index (χ1v) is 10.9. The molecule has 0 fully saturated rings. The normalized spacial score (nSPS) is 12.2. The predicted octanol–water partition coefficient (Wildman–Crippen LogP) is 7.11. The van der Waals surface area contributed by atoms with Crippen LogP contribution < -0.4 is 4.90 Å². The molecule has 0 amide bonds. The number of anilines is 1. The zero-order valence-corrected chi connectivity index (χ0v) is 18.3. The van der Waals surface area contributed by atoms with Gasteiger partial charge in [-0.1, -0.05) is 109 Å². The fourth-order valence-corrected chi connectivity index (χ4v) is 4.00. The summed E-state index contributed by atoms with van der Waals surface area (Å²) in [6.45, 7) is 2.35. The highest BCUT2D eigenvalue weighted by Gasteiger charge is 2.27. The molecule has 4 aromatic rings. The maximum absolute atomic E-state index is 13.1. The third-order valence-corrected chi connectivity index (χ3v) is 5.53.